The predicted molar refractivity (Wildman–Crippen MR) is 142 cm³/mol. The molecule has 4 rings (SSSR count). The first-order valence-corrected chi connectivity index (χ1v) is 13.0. The van der Waals surface area contributed by atoms with E-state index in [-0.39, 0.29) is 29.4 Å². The maximum atomic E-state index is 5.55. The molecule has 7 heteroatoms. The molecule has 1 aromatic heterocycles. The molecule has 3 heterocycles. The van der Waals surface area contributed by atoms with E-state index in [0.717, 1.165) is 38.2 Å². The van der Waals surface area contributed by atoms with E-state index < -0.39 is 0 Å². The number of hydrogen-bond acceptors (Lipinski definition) is 4. The first-order chi connectivity index (χ1) is 14.8. The molecule has 0 aromatic carbocycles. The minimum absolute atomic E-state index is 0. The molecule has 31 heavy (non-hydrogen) atoms. The van der Waals surface area contributed by atoms with Crippen LogP contribution < -0.4 is 10.6 Å². The van der Waals surface area contributed by atoms with Gasteiger partial charge in [0.2, 0.25) is 0 Å². The molecule has 1 atom stereocenters. The van der Waals surface area contributed by atoms with Crippen LogP contribution in [0, 0.1) is 5.92 Å². The van der Waals surface area contributed by atoms with Crippen LogP contribution >= 0.6 is 35.3 Å². The summed E-state index contributed by atoms with van der Waals surface area (Å²) < 4.78 is 5.55. The second-order valence-corrected chi connectivity index (χ2v) is 10.4. The lowest BCUT2D eigenvalue weighted by Gasteiger charge is -2.36. The van der Waals surface area contributed by atoms with Crippen molar-refractivity contribution in [3.8, 4) is 0 Å². The topological polar surface area (TPSA) is 48.9 Å². The van der Waals surface area contributed by atoms with Crippen LogP contribution in [0.2, 0.25) is 0 Å². The molecule has 0 bridgehead atoms. The zero-order valence-electron chi connectivity index (χ0n) is 19.1. The highest BCUT2D eigenvalue weighted by Crippen LogP contribution is 2.41. The van der Waals surface area contributed by atoms with Crippen molar-refractivity contribution in [3.63, 3.8) is 0 Å². The molecule has 1 aromatic rings. The fourth-order valence-corrected chi connectivity index (χ4v) is 6.37. The van der Waals surface area contributed by atoms with Crippen molar-refractivity contribution in [3.05, 3.63) is 22.4 Å². The monoisotopic (exact) mass is 560 g/mol. The lowest BCUT2D eigenvalue weighted by molar-refractivity contribution is 0.150. The second kappa shape index (κ2) is 12.8. The molecule has 0 radical (unpaired) electrons. The normalized spacial score (nSPS) is 25.2. The number of nitrogens with zero attached hydrogens (tertiary/aromatic N) is 2. The fourth-order valence-electron chi connectivity index (χ4n) is 5.39. The fraction of sp³-hybridized carbons (Fsp3) is 0.792. The summed E-state index contributed by atoms with van der Waals surface area (Å²) in [6.45, 7) is 9.49. The Morgan fingerprint density at radius 3 is 2.68 bits per heavy atom. The standard InChI is InChI=1S/C24H40N4OS.HI/c1-2-25-23(26-19-24(11-4-3-5-12-24)22-7-6-16-30-22)27-21-8-13-28(14-9-21)17-20-10-15-29-18-20;/h6-7,16,20-21H,2-5,8-15,17-19H2,1H3,(H2,25,26,27);1H. The number of guanidine groups is 1. The molecule has 3 fully saturated rings. The SMILES string of the molecule is CCNC(=NCC1(c2cccs2)CCCCC1)NC1CCN(CC2CCOC2)CC1.I. The average molecular weight is 561 g/mol. The molecule has 0 amide bonds. The van der Waals surface area contributed by atoms with Crippen molar-refractivity contribution in [2.24, 2.45) is 10.9 Å². The number of likely N-dealkylation sites (tertiary alicyclic amines) is 1. The number of halogens is 1. The van der Waals surface area contributed by atoms with Gasteiger partial charge in [0.05, 0.1) is 13.2 Å². The molecule has 176 valence electrons. The van der Waals surface area contributed by atoms with E-state index in [0.29, 0.717) is 6.04 Å². The Balaban J connectivity index is 0.00000272. The summed E-state index contributed by atoms with van der Waals surface area (Å²) in [7, 11) is 0. The van der Waals surface area contributed by atoms with Gasteiger partial charge in [-0.15, -0.1) is 35.3 Å². The van der Waals surface area contributed by atoms with Crippen LogP contribution in [0.5, 0.6) is 0 Å². The third-order valence-corrected chi connectivity index (χ3v) is 8.32. The zero-order chi connectivity index (χ0) is 20.7. The van der Waals surface area contributed by atoms with Crippen LogP contribution in [0.1, 0.15) is 63.2 Å². The van der Waals surface area contributed by atoms with E-state index in [2.05, 4.69) is 40.0 Å². The van der Waals surface area contributed by atoms with Gasteiger partial charge in [-0.2, -0.15) is 0 Å². The smallest absolute Gasteiger partial charge is 0.191 e. The van der Waals surface area contributed by atoms with Gasteiger partial charge in [0.25, 0.3) is 0 Å². The van der Waals surface area contributed by atoms with Gasteiger partial charge in [0, 0.05) is 49.1 Å². The Bertz CT molecular complexity index is 649. The minimum Gasteiger partial charge on any atom is -0.381 e. The summed E-state index contributed by atoms with van der Waals surface area (Å²) in [5, 5.41) is 9.50. The van der Waals surface area contributed by atoms with Crippen LogP contribution in [0.4, 0.5) is 0 Å². The van der Waals surface area contributed by atoms with E-state index in [1.807, 2.05) is 11.3 Å². The third kappa shape index (κ3) is 7.05. The molecular weight excluding hydrogens is 519 g/mol. The number of nitrogens with one attached hydrogen (secondary N) is 2. The summed E-state index contributed by atoms with van der Waals surface area (Å²) in [5.74, 6) is 1.76. The van der Waals surface area contributed by atoms with Crippen molar-refractivity contribution in [2.45, 2.75) is 69.7 Å². The summed E-state index contributed by atoms with van der Waals surface area (Å²) in [6, 6.07) is 5.06. The van der Waals surface area contributed by atoms with E-state index >= 15 is 0 Å². The molecule has 5 nitrogen and oxygen atoms in total. The van der Waals surface area contributed by atoms with Crippen molar-refractivity contribution in [2.75, 3.05) is 45.9 Å². The second-order valence-electron chi connectivity index (χ2n) is 9.46. The van der Waals surface area contributed by atoms with E-state index in [4.69, 9.17) is 9.73 Å². The number of thiophene rings is 1. The Labute approximate surface area is 209 Å². The van der Waals surface area contributed by atoms with Crippen LogP contribution in [0.15, 0.2) is 22.5 Å². The Hall–Kier alpha value is -0.380. The molecule has 1 unspecified atom stereocenters. The molecular formula is C24H41IN4OS. The van der Waals surface area contributed by atoms with Gasteiger partial charge >= 0.3 is 0 Å². The maximum Gasteiger partial charge on any atom is 0.191 e. The number of ether oxygens (including phenoxy) is 1. The van der Waals surface area contributed by atoms with Crippen molar-refractivity contribution in [1.82, 2.24) is 15.5 Å². The number of aliphatic imine (C=N–C) groups is 1. The van der Waals surface area contributed by atoms with Gasteiger partial charge in [-0.25, -0.2) is 0 Å². The number of piperidine rings is 1. The highest BCUT2D eigenvalue weighted by Gasteiger charge is 2.35. The van der Waals surface area contributed by atoms with E-state index in [1.54, 1.807) is 0 Å². The third-order valence-electron chi connectivity index (χ3n) is 7.21. The summed E-state index contributed by atoms with van der Waals surface area (Å²) >= 11 is 1.92. The summed E-state index contributed by atoms with van der Waals surface area (Å²) in [5.41, 5.74) is 0.251. The van der Waals surface area contributed by atoms with Crippen LogP contribution in [0.25, 0.3) is 0 Å². The molecule has 1 aliphatic carbocycles. The Kier molecular flexibility index (Phi) is 10.4. The summed E-state index contributed by atoms with van der Waals surface area (Å²) in [6.07, 6.45) is 10.2. The van der Waals surface area contributed by atoms with Gasteiger partial charge in [0.1, 0.15) is 0 Å². The van der Waals surface area contributed by atoms with E-state index in [9.17, 15) is 0 Å². The van der Waals surface area contributed by atoms with E-state index in [1.165, 1.54) is 75.9 Å². The molecule has 2 aliphatic heterocycles. The van der Waals surface area contributed by atoms with Gasteiger partial charge in [-0.1, -0.05) is 25.3 Å². The number of rotatable bonds is 7. The Morgan fingerprint density at radius 1 is 1.23 bits per heavy atom. The van der Waals surface area contributed by atoms with Crippen LogP contribution in [0.3, 0.4) is 0 Å². The molecule has 3 aliphatic rings. The van der Waals surface area contributed by atoms with Crippen molar-refractivity contribution in [1.29, 1.82) is 0 Å². The van der Waals surface area contributed by atoms with Crippen molar-refractivity contribution < 1.29 is 4.74 Å². The average Bonchev–Trinajstić information content (AvgIpc) is 3.49. The quantitative estimate of drug-likeness (QED) is 0.290. The van der Waals surface area contributed by atoms with Gasteiger partial charge in [-0.3, -0.25) is 4.99 Å². The minimum atomic E-state index is 0. The highest BCUT2D eigenvalue weighted by molar-refractivity contribution is 14.0. The highest BCUT2D eigenvalue weighted by atomic mass is 127. The van der Waals surface area contributed by atoms with Gasteiger partial charge in [0.15, 0.2) is 5.96 Å². The molecule has 2 saturated heterocycles. The summed E-state index contributed by atoms with van der Waals surface area (Å²) in [4.78, 5) is 9.30. The van der Waals surface area contributed by atoms with Gasteiger partial charge in [-0.05, 0) is 56.4 Å². The van der Waals surface area contributed by atoms with Crippen LogP contribution in [-0.4, -0.2) is 62.8 Å². The predicted octanol–water partition coefficient (Wildman–Crippen LogP) is 4.62. The lowest BCUT2D eigenvalue weighted by atomic mass is 9.73. The first kappa shape index (κ1) is 25.2. The van der Waals surface area contributed by atoms with Crippen molar-refractivity contribution >= 4 is 41.3 Å². The number of hydrogen-bond donors (Lipinski definition) is 2. The first-order valence-electron chi connectivity index (χ1n) is 12.2. The largest absolute Gasteiger partial charge is 0.381 e. The lowest BCUT2D eigenvalue weighted by Crippen LogP contribution is -2.49. The molecule has 2 N–H and O–H groups in total. The maximum absolute atomic E-state index is 5.55. The zero-order valence-corrected chi connectivity index (χ0v) is 22.3. The van der Waals surface area contributed by atoms with Gasteiger partial charge < -0.3 is 20.3 Å². The Morgan fingerprint density at radius 2 is 2.03 bits per heavy atom. The van der Waals surface area contributed by atoms with Crippen LogP contribution in [-0.2, 0) is 10.2 Å². The molecule has 1 saturated carbocycles. The molecule has 0 spiro atoms.